The zero-order valence-corrected chi connectivity index (χ0v) is 21.1. The predicted octanol–water partition coefficient (Wildman–Crippen LogP) is 6.12. The molecule has 0 fully saturated rings. The van der Waals surface area contributed by atoms with Crippen LogP contribution in [-0.2, 0) is 11.3 Å². The van der Waals surface area contributed by atoms with E-state index >= 15 is 0 Å². The van der Waals surface area contributed by atoms with E-state index in [1.807, 2.05) is 24.3 Å². The van der Waals surface area contributed by atoms with Gasteiger partial charge in [-0.3, -0.25) is 14.7 Å². The number of carbonyl (C=O) groups is 1. The Morgan fingerprint density at radius 2 is 1.82 bits per heavy atom. The Morgan fingerprint density at radius 3 is 2.53 bits per heavy atom. The van der Waals surface area contributed by atoms with E-state index in [2.05, 4.69) is 36.2 Å². The lowest BCUT2D eigenvalue weighted by Gasteiger charge is -2.20. The molecule has 0 aliphatic heterocycles. The third-order valence-corrected chi connectivity index (χ3v) is 7.51. The first-order valence-corrected chi connectivity index (χ1v) is 12.8. The summed E-state index contributed by atoms with van der Waals surface area (Å²) in [4.78, 5) is 25.3. The average molecular weight is 494 g/mol. The minimum Gasteiger partial charge on any atom is -0.495 e. The highest BCUT2D eigenvalue weighted by atomic mass is 32.2. The van der Waals surface area contributed by atoms with E-state index in [1.54, 1.807) is 43.3 Å². The second-order valence-electron chi connectivity index (χ2n) is 7.75. The maximum Gasteiger partial charge on any atom is 0.229 e. The second-order valence-corrected chi connectivity index (χ2v) is 9.90. The number of benzene rings is 2. The van der Waals surface area contributed by atoms with Gasteiger partial charge in [-0.25, -0.2) is 4.98 Å². The van der Waals surface area contributed by atoms with Gasteiger partial charge in [0.05, 0.1) is 20.8 Å². The second kappa shape index (κ2) is 11.4. The van der Waals surface area contributed by atoms with Crippen molar-refractivity contribution in [2.24, 2.45) is 0 Å². The number of aromatic nitrogens is 2. The van der Waals surface area contributed by atoms with Crippen molar-refractivity contribution in [2.75, 3.05) is 24.9 Å². The zero-order chi connectivity index (χ0) is 23.9. The summed E-state index contributed by atoms with van der Waals surface area (Å²) in [6.07, 6.45) is 4.72. The molecular weight excluding hydrogens is 466 g/mol. The van der Waals surface area contributed by atoms with E-state index in [0.29, 0.717) is 35.1 Å². The molecule has 0 aliphatic rings. The van der Waals surface area contributed by atoms with Gasteiger partial charge in [0.15, 0.2) is 5.13 Å². The lowest BCUT2D eigenvalue weighted by Crippen LogP contribution is -2.30. The van der Waals surface area contributed by atoms with Gasteiger partial charge < -0.3 is 9.47 Å². The van der Waals surface area contributed by atoms with Gasteiger partial charge in [-0.2, -0.15) is 0 Å². The van der Waals surface area contributed by atoms with Crippen molar-refractivity contribution in [3.63, 3.8) is 0 Å². The van der Waals surface area contributed by atoms with E-state index in [0.717, 1.165) is 22.4 Å². The van der Waals surface area contributed by atoms with Crippen LogP contribution in [0, 0.1) is 6.92 Å². The largest absolute Gasteiger partial charge is 0.495 e. The Kier molecular flexibility index (Phi) is 8.03. The third kappa shape index (κ3) is 5.69. The zero-order valence-electron chi connectivity index (χ0n) is 19.5. The summed E-state index contributed by atoms with van der Waals surface area (Å²) in [6.45, 7) is 2.49. The number of pyridine rings is 1. The monoisotopic (exact) mass is 493 g/mol. The lowest BCUT2D eigenvalue weighted by atomic mass is 10.2. The maximum absolute atomic E-state index is 13.4. The summed E-state index contributed by atoms with van der Waals surface area (Å²) in [6, 6.07) is 16.0. The highest BCUT2D eigenvalue weighted by Gasteiger charge is 2.22. The van der Waals surface area contributed by atoms with Crippen LogP contribution < -0.4 is 14.4 Å². The van der Waals surface area contributed by atoms with Gasteiger partial charge in [-0.1, -0.05) is 35.1 Å². The molecule has 0 saturated carbocycles. The Hall–Kier alpha value is -3.10. The molecule has 4 aromatic rings. The first kappa shape index (κ1) is 24.0. The van der Waals surface area contributed by atoms with E-state index in [4.69, 9.17) is 14.5 Å². The molecule has 0 radical (unpaired) electrons. The molecular formula is C26H27N3O3S2. The van der Waals surface area contributed by atoms with Crippen molar-refractivity contribution in [1.82, 2.24) is 9.97 Å². The van der Waals surface area contributed by atoms with Crippen LogP contribution in [0.4, 0.5) is 5.13 Å². The molecule has 2 aromatic heterocycles. The quantitative estimate of drug-likeness (QED) is 0.196. The van der Waals surface area contributed by atoms with Gasteiger partial charge in [0.2, 0.25) is 5.91 Å². The fourth-order valence-corrected chi connectivity index (χ4v) is 5.45. The summed E-state index contributed by atoms with van der Waals surface area (Å²) in [5.74, 6) is 2.27. The van der Waals surface area contributed by atoms with Gasteiger partial charge in [0, 0.05) is 23.7 Å². The van der Waals surface area contributed by atoms with Crippen LogP contribution in [0.1, 0.15) is 24.0 Å². The number of thioether (sulfide) groups is 1. The molecule has 0 bridgehead atoms. The summed E-state index contributed by atoms with van der Waals surface area (Å²) in [5.41, 5.74) is 2.89. The predicted molar refractivity (Wildman–Crippen MR) is 139 cm³/mol. The van der Waals surface area contributed by atoms with E-state index in [9.17, 15) is 4.79 Å². The van der Waals surface area contributed by atoms with Gasteiger partial charge in [0.25, 0.3) is 0 Å². The number of amides is 1. The summed E-state index contributed by atoms with van der Waals surface area (Å²) < 4.78 is 11.9. The standard InChI is InChI=1S/C26H27N3O3S2/c1-18-8-10-20(11-9-18)33-15-5-7-23(30)29(17-19-6-4-14-27-16-19)26-28-24-21(31-2)12-13-22(32-3)25(24)34-26/h4,6,8-14,16H,5,7,15,17H2,1-3H3. The fourth-order valence-electron chi connectivity index (χ4n) is 3.51. The number of hydrogen-bond donors (Lipinski definition) is 0. The topological polar surface area (TPSA) is 64.6 Å². The van der Waals surface area contributed by atoms with Crippen molar-refractivity contribution in [3.05, 3.63) is 72.1 Å². The molecule has 176 valence electrons. The van der Waals surface area contributed by atoms with Crippen molar-refractivity contribution in [1.29, 1.82) is 0 Å². The summed E-state index contributed by atoms with van der Waals surface area (Å²) in [7, 11) is 3.25. The number of ether oxygens (including phenoxy) is 2. The lowest BCUT2D eigenvalue weighted by molar-refractivity contribution is -0.118. The molecule has 0 N–H and O–H groups in total. The number of hydrogen-bond acceptors (Lipinski definition) is 7. The van der Waals surface area contributed by atoms with Crippen molar-refractivity contribution < 1.29 is 14.3 Å². The highest BCUT2D eigenvalue weighted by Crippen LogP contribution is 2.40. The van der Waals surface area contributed by atoms with E-state index < -0.39 is 0 Å². The number of rotatable bonds is 10. The van der Waals surface area contributed by atoms with E-state index in [1.165, 1.54) is 21.8 Å². The summed E-state index contributed by atoms with van der Waals surface area (Å²) >= 11 is 3.20. The summed E-state index contributed by atoms with van der Waals surface area (Å²) in [5, 5.41) is 0.623. The Bertz CT molecular complexity index is 1200. The van der Waals surface area contributed by atoms with Crippen LogP contribution in [0.25, 0.3) is 10.2 Å². The van der Waals surface area contributed by atoms with Crippen LogP contribution >= 0.6 is 23.1 Å². The van der Waals surface area contributed by atoms with Crippen LogP contribution in [0.15, 0.2) is 65.8 Å². The molecule has 0 saturated heterocycles. The first-order chi connectivity index (χ1) is 16.6. The van der Waals surface area contributed by atoms with E-state index in [-0.39, 0.29) is 5.91 Å². The molecule has 0 atom stereocenters. The fraction of sp³-hybridized carbons (Fsp3) is 0.269. The molecule has 0 aliphatic carbocycles. The minimum absolute atomic E-state index is 0.0327. The Labute approximate surface area is 207 Å². The maximum atomic E-state index is 13.4. The molecule has 8 heteroatoms. The average Bonchev–Trinajstić information content (AvgIpc) is 3.31. The number of methoxy groups -OCH3 is 2. The molecule has 1 amide bonds. The number of nitrogens with zero attached hydrogens (tertiary/aromatic N) is 3. The number of carbonyl (C=O) groups excluding carboxylic acids is 1. The van der Waals surface area contributed by atoms with Gasteiger partial charge in [0.1, 0.15) is 21.7 Å². The molecule has 6 nitrogen and oxygen atoms in total. The number of thiazole rings is 1. The minimum atomic E-state index is 0.0327. The molecule has 2 aromatic carbocycles. The number of aryl methyl sites for hydroxylation is 1. The van der Waals surface area contributed by atoms with Crippen molar-refractivity contribution in [2.45, 2.75) is 31.2 Å². The first-order valence-electron chi connectivity index (χ1n) is 11.0. The highest BCUT2D eigenvalue weighted by molar-refractivity contribution is 7.99. The molecule has 34 heavy (non-hydrogen) atoms. The SMILES string of the molecule is COc1ccc(OC)c2sc(N(Cc3cccnc3)C(=O)CCCSc3ccc(C)cc3)nc12. The molecule has 0 spiro atoms. The smallest absolute Gasteiger partial charge is 0.229 e. The molecule has 2 heterocycles. The van der Waals surface area contributed by atoms with Crippen molar-refractivity contribution in [3.8, 4) is 11.5 Å². The third-order valence-electron chi connectivity index (χ3n) is 5.32. The van der Waals surface area contributed by atoms with Crippen LogP contribution in [0.5, 0.6) is 11.5 Å². The molecule has 0 unspecified atom stereocenters. The number of fused-ring (bicyclic) bond motifs is 1. The number of anilines is 1. The normalized spacial score (nSPS) is 10.9. The van der Waals surface area contributed by atoms with Crippen LogP contribution in [0.2, 0.25) is 0 Å². The molecule has 4 rings (SSSR count). The Morgan fingerprint density at radius 1 is 1.06 bits per heavy atom. The van der Waals surface area contributed by atoms with Gasteiger partial charge in [-0.05, 0) is 55.0 Å². The Balaban J connectivity index is 1.54. The van der Waals surface area contributed by atoms with Crippen molar-refractivity contribution >= 4 is 44.4 Å². The van der Waals surface area contributed by atoms with Gasteiger partial charge >= 0.3 is 0 Å². The van der Waals surface area contributed by atoms with Crippen LogP contribution in [-0.4, -0.2) is 35.8 Å². The van der Waals surface area contributed by atoms with Crippen LogP contribution in [0.3, 0.4) is 0 Å². The van der Waals surface area contributed by atoms with Gasteiger partial charge in [-0.15, -0.1) is 11.8 Å².